The number of benzene rings is 2. The molecule has 1 heterocycles. The minimum atomic E-state index is -4.99. The Kier molecular flexibility index (Phi) is 9.09. The second-order valence-corrected chi connectivity index (χ2v) is 10.7. The highest BCUT2D eigenvalue weighted by atomic mass is 35.5. The number of nitrogens with zero attached hydrogens (tertiary/aromatic N) is 3. The van der Waals surface area contributed by atoms with Gasteiger partial charge in [-0.1, -0.05) is 24.3 Å². The standard InChI is InChI=1S/C24H28F3N5O3S.ClH/c1-32(2)22-18-7-3-4-8-19(18)30-23(31-22)29-17-13-11-16(12-14-17)15-28-36(33,34)21-10-6-5-9-20(21)35-24(25,26)27;/h3-10,16-17,28H,11-15H2,1-2H3,(H,29,30,31);1H/t16-,17+;. The first-order chi connectivity index (χ1) is 17.0. The molecule has 3 aromatic rings. The molecule has 8 nitrogen and oxygen atoms in total. The van der Waals surface area contributed by atoms with Crippen molar-refractivity contribution in [1.82, 2.24) is 14.7 Å². The van der Waals surface area contributed by atoms with Gasteiger partial charge in [-0.25, -0.2) is 18.1 Å². The first-order valence-corrected chi connectivity index (χ1v) is 13.1. The fourth-order valence-electron chi connectivity index (χ4n) is 4.35. The van der Waals surface area contributed by atoms with E-state index < -0.39 is 27.0 Å². The van der Waals surface area contributed by atoms with Gasteiger partial charge in [0.05, 0.1) is 5.52 Å². The van der Waals surface area contributed by atoms with Crippen molar-refractivity contribution in [2.75, 3.05) is 30.9 Å². The van der Waals surface area contributed by atoms with Crippen molar-refractivity contribution in [1.29, 1.82) is 0 Å². The van der Waals surface area contributed by atoms with Gasteiger partial charge in [-0.15, -0.1) is 25.6 Å². The monoisotopic (exact) mass is 559 g/mol. The van der Waals surface area contributed by atoms with Gasteiger partial charge >= 0.3 is 6.36 Å². The second-order valence-electron chi connectivity index (χ2n) is 8.99. The molecular weight excluding hydrogens is 531 g/mol. The van der Waals surface area contributed by atoms with Gasteiger partial charge in [0, 0.05) is 32.1 Å². The van der Waals surface area contributed by atoms with Crippen LogP contribution in [0.3, 0.4) is 0 Å². The molecule has 0 spiro atoms. The lowest BCUT2D eigenvalue weighted by Gasteiger charge is -2.29. The number of rotatable bonds is 8. The maximum atomic E-state index is 12.7. The number of para-hydroxylation sites is 2. The molecule has 1 aliphatic carbocycles. The summed E-state index contributed by atoms with van der Waals surface area (Å²) in [5.41, 5.74) is 0.844. The van der Waals surface area contributed by atoms with E-state index in [-0.39, 0.29) is 30.9 Å². The lowest BCUT2D eigenvalue weighted by molar-refractivity contribution is -0.275. The summed E-state index contributed by atoms with van der Waals surface area (Å²) in [6, 6.07) is 12.6. The van der Waals surface area contributed by atoms with Gasteiger partial charge in [-0.3, -0.25) is 0 Å². The summed E-state index contributed by atoms with van der Waals surface area (Å²) in [5, 5.41) is 4.37. The third kappa shape index (κ3) is 7.36. The molecular formula is C24H29ClF3N5O3S. The summed E-state index contributed by atoms with van der Waals surface area (Å²) >= 11 is 0. The minimum absolute atomic E-state index is 0. The van der Waals surface area contributed by atoms with E-state index in [0.717, 1.165) is 54.5 Å². The molecule has 2 aromatic carbocycles. The molecule has 0 atom stereocenters. The molecule has 1 fully saturated rings. The van der Waals surface area contributed by atoms with Gasteiger partial charge in [0.15, 0.2) is 0 Å². The number of alkyl halides is 3. The quantitative estimate of drug-likeness (QED) is 0.402. The molecule has 0 bridgehead atoms. The van der Waals surface area contributed by atoms with Gasteiger partial charge < -0.3 is 15.0 Å². The van der Waals surface area contributed by atoms with Crippen molar-refractivity contribution in [3.05, 3.63) is 48.5 Å². The van der Waals surface area contributed by atoms with E-state index in [1.165, 1.54) is 12.1 Å². The SMILES string of the molecule is CN(C)c1nc(N[C@H]2CC[C@@H](CNS(=O)(=O)c3ccccc3OC(F)(F)F)CC2)nc2ccccc12.Cl. The van der Waals surface area contributed by atoms with Gasteiger partial charge in [-0.05, 0) is 55.9 Å². The maximum Gasteiger partial charge on any atom is 0.573 e. The molecule has 1 aromatic heterocycles. The number of nitrogens with one attached hydrogen (secondary N) is 2. The zero-order valence-corrected chi connectivity index (χ0v) is 22.0. The van der Waals surface area contributed by atoms with Crippen molar-refractivity contribution in [2.24, 2.45) is 5.92 Å². The van der Waals surface area contributed by atoms with Crippen molar-refractivity contribution in [3.63, 3.8) is 0 Å². The molecule has 202 valence electrons. The Balaban J connectivity index is 0.00000380. The lowest BCUT2D eigenvalue weighted by Crippen LogP contribution is -2.34. The zero-order chi connectivity index (χ0) is 25.9. The highest BCUT2D eigenvalue weighted by Gasteiger charge is 2.34. The summed E-state index contributed by atoms with van der Waals surface area (Å²) in [5.74, 6) is 0.671. The Morgan fingerprint density at radius 3 is 2.32 bits per heavy atom. The smallest absolute Gasteiger partial charge is 0.404 e. The minimum Gasteiger partial charge on any atom is -0.404 e. The summed E-state index contributed by atoms with van der Waals surface area (Å²) in [6.07, 6.45) is -1.93. The molecule has 1 saturated carbocycles. The molecule has 0 saturated heterocycles. The first-order valence-electron chi connectivity index (χ1n) is 11.6. The average molecular weight is 560 g/mol. The molecule has 1 aliphatic rings. The molecule has 0 radical (unpaired) electrons. The van der Waals surface area contributed by atoms with Crippen molar-refractivity contribution in [2.45, 2.75) is 43.0 Å². The van der Waals surface area contributed by atoms with Crippen LogP contribution in [0, 0.1) is 5.92 Å². The largest absolute Gasteiger partial charge is 0.573 e. The van der Waals surface area contributed by atoms with Crippen LogP contribution in [0.2, 0.25) is 0 Å². The number of hydrogen-bond donors (Lipinski definition) is 2. The number of sulfonamides is 1. The fourth-order valence-corrected chi connectivity index (χ4v) is 5.59. The number of halogens is 4. The van der Waals surface area contributed by atoms with E-state index in [9.17, 15) is 21.6 Å². The third-order valence-corrected chi connectivity index (χ3v) is 7.58. The highest BCUT2D eigenvalue weighted by molar-refractivity contribution is 7.89. The summed E-state index contributed by atoms with van der Waals surface area (Å²) < 4.78 is 69.7. The Morgan fingerprint density at radius 2 is 1.65 bits per heavy atom. The van der Waals surface area contributed by atoms with Gasteiger partial charge in [0.2, 0.25) is 16.0 Å². The van der Waals surface area contributed by atoms with Crippen LogP contribution < -0.4 is 19.7 Å². The maximum absolute atomic E-state index is 12.7. The van der Waals surface area contributed by atoms with E-state index in [1.807, 2.05) is 43.3 Å². The lowest BCUT2D eigenvalue weighted by atomic mass is 9.86. The van der Waals surface area contributed by atoms with Crippen LogP contribution in [-0.2, 0) is 10.0 Å². The predicted octanol–water partition coefficient (Wildman–Crippen LogP) is 4.97. The Bertz CT molecular complexity index is 1320. The van der Waals surface area contributed by atoms with E-state index in [2.05, 4.69) is 24.7 Å². The Labute approximate surface area is 220 Å². The van der Waals surface area contributed by atoms with Gasteiger partial charge in [-0.2, -0.15) is 4.98 Å². The van der Waals surface area contributed by atoms with Crippen molar-refractivity contribution in [3.8, 4) is 5.75 Å². The summed E-state index contributed by atoms with van der Waals surface area (Å²) in [4.78, 5) is 10.7. The molecule has 0 unspecified atom stereocenters. The molecule has 37 heavy (non-hydrogen) atoms. The second kappa shape index (κ2) is 11.7. The van der Waals surface area contributed by atoms with Crippen LogP contribution in [-0.4, -0.2) is 51.4 Å². The number of hydrogen-bond acceptors (Lipinski definition) is 7. The van der Waals surface area contributed by atoms with Crippen LogP contribution in [0.4, 0.5) is 24.9 Å². The van der Waals surface area contributed by atoms with Gasteiger partial charge in [0.25, 0.3) is 0 Å². The summed E-state index contributed by atoms with van der Waals surface area (Å²) in [6.45, 7) is 0.132. The van der Waals surface area contributed by atoms with Crippen molar-refractivity contribution < 1.29 is 26.3 Å². The van der Waals surface area contributed by atoms with E-state index in [1.54, 1.807) is 0 Å². The van der Waals surface area contributed by atoms with Crippen LogP contribution in [0.5, 0.6) is 5.75 Å². The van der Waals surface area contributed by atoms with Crippen molar-refractivity contribution >= 4 is 45.1 Å². The number of fused-ring (bicyclic) bond motifs is 1. The molecule has 13 heteroatoms. The highest BCUT2D eigenvalue weighted by Crippen LogP contribution is 2.31. The van der Waals surface area contributed by atoms with E-state index in [0.29, 0.717) is 5.95 Å². The topological polar surface area (TPSA) is 96.5 Å². The third-order valence-electron chi connectivity index (χ3n) is 6.11. The summed E-state index contributed by atoms with van der Waals surface area (Å²) in [7, 11) is -0.316. The van der Waals surface area contributed by atoms with Crippen LogP contribution in [0.15, 0.2) is 53.4 Å². The van der Waals surface area contributed by atoms with Gasteiger partial charge in [0.1, 0.15) is 16.5 Å². The molecule has 2 N–H and O–H groups in total. The van der Waals surface area contributed by atoms with Crippen LogP contribution in [0.1, 0.15) is 25.7 Å². The van der Waals surface area contributed by atoms with Crippen LogP contribution >= 0.6 is 12.4 Å². The van der Waals surface area contributed by atoms with E-state index >= 15 is 0 Å². The Hall–Kier alpha value is -2.83. The average Bonchev–Trinajstić information content (AvgIpc) is 2.82. The first kappa shape index (κ1) is 28.7. The van der Waals surface area contributed by atoms with Crippen LogP contribution in [0.25, 0.3) is 10.9 Å². The number of anilines is 2. The normalized spacial score (nSPS) is 18.2. The fraction of sp³-hybridized carbons (Fsp3) is 0.417. The molecule has 0 aliphatic heterocycles. The number of aromatic nitrogens is 2. The predicted molar refractivity (Wildman–Crippen MR) is 139 cm³/mol. The zero-order valence-electron chi connectivity index (χ0n) is 20.3. The Morgan fingerprint density at radius 1 is 1.00 bits per heavy atom. The molecule has 4 rings (SSSR count). The number of ether oxygens (including phenoxy) is 1. The molecule has 0 amide bonds. The van der Waals surface area contributed by atoms with E-state index in [4.69, 9.17) is 0 Å².